The summed E-state index contributed by atoms with van der Waals surface area (Å²) in [6.07, 6.45) is 3.92. The Morgan fingerprint density at radius 1 is 1.26 bits per heavy atom. The third-order valence-corrected chi connectivity index (χ3v) is 2.93. The van der Waals surface area contributed by atoms with Crippen molar-refractivity contribution >= 4 is 22.3 Å². The van der Waals surface area contributed by atoms with E-state index in [9.17, 15) is 0 Å². The number of hydrogen-bond donors (Lipinski definition) is 1. The highest BCUT2D eigenvalue weighted by molar-refractivity contribution is 7.79. The molecule has 0 aliphatic carbocycles. The van der Waals surface area contributed by atoms with Crippen molar-refractivity contribution in [3.05, 3.63) is 59.9 Å². The molecule has 0 fully saturated rings. The molecule has 8 heteroatoms. The molecule has 0 bridgehead atoms. The number of aromatic nitrogens is 1. The molecule has 0 unspecified atom stereocenters. The number of pyridine rings is 1. The fourth-order valence-corrected chi connectivity index (χ4v) is 1.65. The monoisotopic (exact) mass is 337 g/mol. The summed E-state index contributed by atoms with van der Waals surface area (Å²) in [6.45, 7) is 2.08. The second kappa shape index (κ2) is 8.37. The Bertz CT molecular complexity index is 754. The Kier molecular flexibility index (Phi) is 6.83. The van der Waals surface area contributed by atoms with E-state index in [0.29, 0.717) is 0 Å². The molecule has 0 amide bonds. The van der Waals surface area contributed by atoms with Crippen LogP contribution in [0.25, 0.3) is 0 Å². The second-order valence-electron chi connectivity index (χ2n) is 4.74. The minimum Gasteiger partial charge on any atom is -0.726 e. The van der Waals surface area contributed by atoms with E-state index in [1.807, 2.05) is 61.8 Å². The van der Waals surface area contributed by atoms with Crippen molar-refractivity contribution in [2.45, 2.75) is 6.92 Å². The Morgan fingerprint density at radius 3 is 2.35 bits per heavy atom. The molecule has 0 radical (unpaired) electrons. The van der Waals surface area contributed by atoms with Crippen molar-refractivity contribution in [3.8, 4) is 0 Å². The lowest BCUT2D eigenvalue weighted by atomic mass is 10.2. The molecule has 7 nitrogen and oxygen atoms in total. The highest BCUT2D eigenvalue weighted by atomic mass is 32.3. The van der Waals surface area contributed by atoms with Crippen LogP contribution in [0.5, 0.6) is 0 Å². The summed E-state index contributed by atoms with van der Waals surface area (Å²) >= 11 is 0. The van der Waals surface area contributed by atoms with Gasteiger partial charge in [-0.25, -0.2) is 13.0 Å². The first kappa shape index (κ1) is 18.8. The number of nitrogens with zero attached hydrogens (tertiary/aromatic N) is 3. The molecule has 0 aliphatic heterocycles. The van der Waals surface area contributed by atoms with E-state index in [1.54, 1.807) is 0 Å². The fourth-order valence-electron chi connectivity index (χ4n) is 1.65. The number of benzene rings is 1. The smallest absolute Gasteiger partial charge is 0.215 e. The van der Waals surface area contributed by atoms with E-state index >= 15 is 0 Å². The maximum Gasteiger partial charge on any atom is 0.215 e. The van der Waals surface area contributed by atoms with Crippen LogP contribution in [-0.4, -0.2) is 30.8 Å². The van der Waals surface area contributed by atoms with Crippen molar-refractivity contribution in [2.75, 3.05) is 12.1 Å². The first-order valence-electron chi connectivity index (χ1n) is 6.64. The van der Waals surface area contributed by atoms with Crippen molar-refractivity contribution in [2.24, 2.45) is 12.1 Å². The summed E-state index contributed by atoms with van der Waals surface area (Å²) in [7, 11) is -0.937. The molecule has 2 rings (SSSR count). The van der Waals surface area contributed by atoms with Gasteiger partial charge in [-0.05, 0) is 12.1 Å². The molecule has 2 aromatic rings. The quantitative estimate of drug-likeness (QED) is 0.299. The SMILES string of the molecule is Cc1cc(/C=N/N(C)c2ccccc2)cc[n+]1C.O=S(=O)([O-])O. The lowest BCUT2D eigenvalue weighted by molar-refractivity contribution is -0.677. The van der Waals surface area contributed by atoms with Crippen LogP contribution in [0.1, 0.15) is 11.3 Å². The van der Waals surface area contributed by atoms with Gasteiger partial charge in [-0.2, -0.15) is 5.10 Å². The highest BCUT2D eigenvalue weighted by Crippen LogP contribution is 2.10. The Hall–Kier alpha value is -2.29. The molecular formula is C15H19N3O4S. The summed E-state index contributed by atoms with van der Waals surface area (Å²) in [5, 5.41) is 6.30. The molecule has 0 spiro atoms. The number of anilines is 1. The minimum absolute atomic E-state index is 1.08. The van der Waals surface area contributed by atoms with Gasteiger partial charge in [0.25, 0.3) is 0 Å². The van der Waals surface area contributed by atoms with Gasteiger partial charge in [0.2, 0.25) is 10.4 Å². The van der Waals surface area contributed by atoms with Gasteiger partial charge in [0.15, 0.2) is 11.9 Å². The van der Waals surface area contributed by atoms with Crippen LogP contribution < -0.4 is 9.58 Å². The normalized spacial score (nSPS) is 11.0. The average Bonchev–Trinajstić information content (AvgIpc) is 2.47. The van der Waals surface area contributed by atoms with Gasteiger partial charge in [-0.15, -0.1) is 0 Å². The van der Waals surface area contributed by atoms with E-state index in [-0.39, 0.29) is 0 Å². The highest BCUT2D eigenvalue weighted by Gasteiger charge is 2.01. The van der Waals surface area contributed by atoms with Crippen LogP contribution in [-0.2, 0) is 17.4 Å². The number of aryl methyl sites for hydroxylation is 2. The largest absolute Gasteiger partial charge is 0.726 e. The Balaban J connectivity index is 0.000000463. The predicted molar refractivity (Wildman–Crippen MR) is 87.1 cm³/mol. The van der Waals surface area contributed by atoms with Crippen LogP contribution in [0, 0.1) is 6.92 Å². The Labute approximate surface area is 136 Å². The van der Waals surface area contributed by atoms with Crippen molar-refractivity contribution in [1.82, 2.24) is 0 Å². The van der Waals surface area contributed by atoms with Crippen LogP contribution in [0.15, 0.2) is 53.8 Å². The molecular weight excluding hydrogens is 318 g/mol. The molecule has 0 saturated carbocycles. The number of hydrazone groups is 1. The summed E-state index contributed by atoms with van der Waals surface area (Å²) in [5.41, 5.74) is 3.39. The van der Waals surface area contributed by atoms with Crippen LogP contribution in [0.4, 0.5) is 5.69 Å². The van der Waals surface area contributed by atoms with Gasteiger partial charge in [-0.3, -0.25) is 9.56 Å². The summed E-state index contributed by atoms with van der Waals surface area (Å²) in [6, 6.07) is 14.3. The van der Waals surface area contributed by atoms with E-state index < -0.39 is 10.4 Å². The predicted octanol–water partition coefficient (Wildman–Crippen LogP) is 1.29. The van der Waals surface area contributed by atoms with Gasteiger partial charge < -0.3 is 4.55 Å². The Morgan fingerprint density at radius 2 is 1.83 bits per heavy atom. The van der Waals surface area contributed by atoms with Gasteiger partial charge >= 0.3 is 0 Å². The molecule has 1 N–H and O–H groups in total. The third-order valence-electron chi connectivity index (χ3n) is 2.93. The van der Waals surface area contributed by atoms with E-state index in [4.69, 9.17) is 17.5 Å². The zero-order valence-corrected chi connectivity index (χ0v) is 13.9. The van der Waals surface area contributed by atoms with Gasteiger partial charge in [0.1, 0.15) is 7.05 Å². The van der Waals surface area contributed by atoms with E-state index in [0.717, 1.165) is 11.3 Å². The zero-order chi connectivity index (χ0) is 17.5. The lowest BCUT2D eigenvalue weighted by Gasteiger charge is -2.11. The third kappa shape index (κ3) is 8.05. The molecule has 1 aromatic carbocycles. The molecule has 124 valence electrons. The number of hydrogen-bond acceptors (Lipinski definition) is 5. The maximum atomic E-state index is 8.63. The fraction of sp³-hybridized carbons (Fsp3) is 0.200. The first-order chi connectivity index (χ1) is 10.7. The molecule has 1 heterocycles. The van der Waals surface area contributed by atoms with Crippen molar-refractivity contribution in [3.63, 3.8) is 0 Å². The molecule has 0 atom stereocenters. The summed E-state index contributed by atoms with van der Waals surface area (Å²) in [5.74, 6) is 0. The molecule has 0 aliphatic rings. The van der Waals surface area contributed by atoms with Gasteiger partial charge in [-0.1, -0.05) is 18.2 Å². The second-order valence-corrected chi connectivity index (χ2v) is 5.60. The minimum atomic E-state index is -4.92. The molecule has 1 aromatic heterocycles. The standard InChI is InChI=1S/C15H18N3.H2O4S/c1-13-11-14(9-10-17(13)2)12-16-18(3)15-7-5-4-6-8-15;1-5(2,3)4/h4-12H,1-3H3;(H2,1,2,3,4)/q+1;/p-1. The molecule has 0 saturated heterocycles. The van der Waals surface area contributed by atoms with Crippen LogP contribution in [0.2, 0.25) is 0 Å². The van der Waals surface area contributed by atoms with Crippen LogP contribution >= 0.6 is 0 Å². The first-order valence-corrected chi connectivity index (χ1v) is 8.00. The summed E-state index contributed by atoms with van der Waals surface area (Å²) in [4.78, 5) is 0. The number of para-hydroxylation sites is 1. The van der Waals surface area contributed by atoms with E-state index in [2.05, 4.69) is 28.7 Å². The van der Waals surface area contributed by atoms with Crippen molar-refractivity contribution in [1.29, 1.82) is 0 Å². The molecule has 23 heavy (non-hydrogen) atoms. The average molecular weight is 337 g/mol. The van der Waals surface area contributed by atoms with Gasteiger partial charge in [0, 0.05) is 31.7 Å². The van der Waals surface area contributed by atoms with Crippen LogP contribution in [0.3, 0.4) is 0 Å². The topological polar surface area (TPSA) is 96.9 Å². The van der Waals surface area contributed by atoms with E-state index in [1.165, 1.54) is 5.69 Å². The zero-order valence-electron chi connectivity index (χ0n) is 13.1. The lowest BCUT2D eigenvalue weighted by Crippen LogP contribution is -2.31. The van der Waals surface area contributed by atoms with Crippen molar-refractivity contribution < 1.29 is 22.1 Å². The van der Waals surface area contributed by atoms with Gasteiger partial charge in [0.05, 0.1) is 11.9 Å². The number of rotatable bonds is 3. The maximum absolute atomic E-state index is 8.63. The summed E-state index contributed by atoms with van der Waals surface area (Å²) < 4.78 is 34.9.